The van der Waals surface area contributed by atoms with E-state index < -0.39 is 33.4 Å². The zero-order valence-electron chi connectivity index (χ0n) is 22.5. The number of amides is 1. The number of likely N-dealkylation sites (tertiary alicyclic amines) is 1. The van der Waals surface area contributed by atoms with Crippen molar-refractivity contribution in [2.24, 2.45) is 0 Å². The number of pyridine rings is 1. The number of aryl methyl sites for hydroxylation is 2. The van der Waals surface area contributed by atoms with Gasteiger partial charge in [0.25, 0.3) is 10.1 Å². The number of methoxy groups -OCH3 is 1. The van der Waals surface area contributed by atoms with E-state index in [1.807, 2.05) is 58.0 Å². The van der Waals surface area contributed by atoms with Gasteiger partial charge in [-0.05, 0) is 76.3 Å². The number of fused-ring (bicyclic) bond motifs is 1. The average Bonchev–Trinajstić information content (AvgIpc) is 3.18. The first kappa shape index (κ1) is 27.2. The number of aromatic nitrogens is 1. The van der Waals surface area contributed by atoms with E-state index in [0.29, 0.717) is 19.5 Å². The van der Waals surface area contributed by atoms with Crippen molar-refractivity contribution >= 4 is 22.0 Å². The summed E-state index contributed by atoms with van der Waals surface area (Å²) in [5.41, 5.74) is 2.00. The van der Waals surface area contributed by atoms with Gasteiger partial charge in [0.1, 0.15) is 17.2 Å². The molecule has 37 heavy (non-hydrogen) atoms. The van der Waals surface area contributed by atoms with Gasteiger partial charge < -0.3 is 19.3 Å². The number of nitrogens with zero attached hydrogens (tertiary/aromatic N) is 3. The molecule has 1 spiro atoms. The lowest BCUT2D eigenvalue weighted by molar-refractivity contribution is 0.0181. The van der Waals surface area contributed by atoms with Crippen molar-refractivity contribution in [2.75, 3.05) is 31.4 Å². The fourth-order valence-corrected chi connectivity index (χ4v) is 5.61. The Morgan fingerprint density at radius 2 is 1.86 bits per heavy atom. The van der Waals surface area contributed by atoms with Crippen molar-refractivity contribution in [1.29, 1.82) is 0 Å². The van der Waals surface area contributed by atoms with Gasteiger partial charge in [-0.2, -0.15) is 8.42 Å². The van der Waals surface area contributed by atoms with Crippen molar-refractivity contribution in [3.63, 3.8) is 0 Å². The average molecular weight is 532 g/mol. The minimum absolute atomic E-state index is 0.121. The van der Waals surface area contributed by atoms with Crippen LogP contribution in [0.15, 0.2) is 36.4 Å². The van der Waals surface area contributed by atoms with Crippen molar-refractivity contribution in [3.8, 4) is 5.75 Å². The van der Waals surface area contributed by atoms with E-state index in [2.05, 4.69) is 11.0 Å². The molecule has 2 atom stereocenters. The lowest BCUT2D eigenvalue weighted by Crippen LogP contribution is -2.54. The maximum Gasteiger partial charge on any atom is 0.410 e. The minimum Gasteiger partial charge on any atom is -0.497 e. The monoisotopic (exact) mass is 531 g/mol. The molecule has 1 fully saturated rings. The molecule has 3 heterocycles. The second kappa shape index (κ2) is 10.1. The Balaban J connectivity index is 1.73. The highest BCUT2D eigenvalue weighted by molar-refractivity contribution is 7.85. The van der Waals surface area contributed by atoms with Gasteiger partial charge in [0.2, 0.25) is 0 Å². The van der Waals surface area contributed by atoms with E-state index in [1.54, 1.807) is 12.0 Å². The summed E-state index contributed by atoms with van der Waals surface area (Å²) in [6.45, 7) is 8.26. The lowest BCUT2D eigenvalue weighted by atomic mass is 9.82. The molecule has 0 N–H and O–H groups in total. The highest BCUT2D eigenvalue weighted by Gasteiger charge is 2.52. The number of rotatable bonds is 6. The molecule has 1 amide bonds. The van der Waals surface area contributed by atoms with Crippen molar-refractivity contribution in [2.45, 2.75) is 70.7 Å². The van der Waals surface area contributed by atoms with Crippen molar-refractivity contribution in [1.82, 2.24) is 9.88 Å². The topological polar surface area (TPSA) is 98.3 Å². The molecule has 0 bridgehead atoms. The van der Waals surface area contributed by atoms with Gasteiger partial charge in [0.05, 0.1) is 31.6 Å². The fourth-order valence-electron chi connectivity index (χ4n) is 5.21. The van der Waals surface area contributed by atoms with E-state index >= 15 is 0 Å². The third kappa shape index (κ3) is 6.35. The molecule has 2 unspecified atom stereocenters. The van der Waals surface area contributed by atoms with Gasteiger partial charge in [-0.1, -0.05) is 18.2 Å². The third-order valence-electron chi connectivity index (χ3n) is 6.91. The predicted molar refractivity (Wildman–Crippen MR) is 141 cm³/mol. The number of carbonyl (C=O) groups excluding carboxylic acids is 1. The van der Waals surface area contributed by atoms with Crippen LogP contribution in [0.5, 0.6) is 5.75 Å². The Labute approximate surface area is 219 Å². The molecule has 1 aromatic heterocycles. The molecule has 9 nitrogen and oxygen atoms in total. The molecule has 4 rings (SSSR count). The first-order valence-electron chi connectivity index (χ1n) is 12.5. The van der Waals surface area contributed by atoms with Gasteiger partial charge in [0.15, 0.2) is 0 Å². The van der Waals surface area contributed by atoms with E-state index in [1.165, 1.54) is 0 Å². The molecule has 0 radical (unpaired) electrons. The van der Waals surface area contributed by atoms with E-state index in [4.69, 9.17) is 18.6 Å². The van der Waals surface area contributed by atoms with Crippen LogP contribution >= 0.6 is 0 Å². The summed E-state index contributed by atoms with van der Waals surface area (Å²) >= 11 is 0. The summed E-state index contributed by atoms with van der Waals surface area (Å²) < 4.78 is 39.9. The van der Waals surface area contributed by atoms with Crippen LogP contribution in [-0.4, -0.2) is 68.1 Å². The highest BCUT2D eigenvalue weighted by Crippen LogP contribution is 2.45. The molecule has 1 saturated heterocycles. The molecule has 0 saturated carbocycles. The molecular weight excluding hydrogens is 494 g/mol. The molecule has 2 aliphatic rings. The molecule has 10 heteroatoms. The molecule has 0 aliphatic carbocycles. The van der Waals surface area contributed by atoms with Gasteiger partial charge in [-0.15, -0.1) is 0 Å². The van der Waals surface area contributed by atoms with Crippen LogP contribution in [0.3, 0.4) is 0 Å². The van der Waals surface area contributed by atoms with Gasteiger partial charge in [-0.3, -0.25) is 4.18 Å². The van der Waals surface area contributed by atoms with Crippen LogP contribution in [0.4, 0.5) is 10.6 Å². The SMILES string of the molecule is COc1ccc(CN2c3nc(C)ccc3CCC23CC(COS(C)(=O)=O)N(C(=O)OC(C)(C)C)C3)cc1. The van der Waals surface area contributed by atoms with Crippen molar-refractivity contribution < 1.29 is 26.9 Å². The van der Waals surface area contributed by atoms with Crippen molar-refractivity contribution in [3.05, 3.63) is 53.2 Å². The van der Waals surface area contributed by atoms with E-state index in [-0.39, 0.29) is 6.61 Å². The van der Waals surface area contributed by atoms with Crippen LogP contribution in [-0.2, 0) is 32.0 Å². The molecule has 2 aromatic rings. The smallest absolute Gasteiger partial charge is 0.410 e. The van der Waals surface area contributed by atoms with Crippen LogP contribution < -0.4 is 9.64 Å². The Morgan fingerprint density at radius 1 is 1.16 bits per heavy atom. The Morgan fingerprint density at radius 3 is 2.49 bits per heavy atom. The van der Waals surface area contributed by atoms with Crippen LogP contribution in [0.2, 0.25) is 0 Å². The van der Waals surface area contributed by atoms with Gasteiger partial charge in [-0.25, -0.2) is 9.78 Å². The largest absolute Gasteiger partial charge is 0.497 e. The molecule has 1 aromatic carbocycles. The standard InChI is InChI=1S/C27H37N3O6S/c1-19-7-10-21-13-14-27(30(24(21)28-19)16-20-8-11-23(34-5)12-9-20)15-22(17-35-37(6,32)33)29(18-27)25(31)36-26(2,3)4/h7-12,22H,13-18H2,1-6H3. The first-order chi connectivity index (χ1) is 17.3. The number of anilines is 1. The zero-order chi connectivity index (χ0) is 27.0. The lowest BCUT2D eigenvalue weighted by Gasteiger charge is -2.46. The van der Waals surface area contributed by atoms with E-state index in [9.17, 15) is 13.2 Å². The summed E-state index contributed by atoms with van der Waals surface area (Å²) in [7, 11) is -2.04. The second-order valence-corrected chi connectivity index (χ2v) is 12.7. The summed E-state index contributed by atoms with van der Waals surface area (Å²) in [6.07, 6.45) is 2.68. The summed E-state index contributed by atoms with van der Waals surface area (Å²) in [5.74, 6) is 1.68. The summed E-state index contributed by atoms with van der Waals surface area (Å²) in [6, 6.07) is 11.6. The molecular formula is C27H37N3O6S. The molecule has 2 aliphatic heterocycles. The van der Waals surface area contributed by atoms with Crippen LogP contribution in [0, 0.1) is 6.92 Å². The first-order valence-corrected chi connectivity index (χ1v) is 14.3. The Hall–Kier alpha value is -2.85. The predicted octanol–water partition coefficient (Wildman–Crippen LogP) is 4.08. The van der Waals surface area contributed by atoms with E-state index in [0.717, 1.165) is 47.5 Å². The summed E-state index contributed by atoms with van der Waals surface area (Å²) in [4.78, 5) is 22.2. The number of hydrogen-bond donors (Lipinski definition) is 0. The number of ether oxygens (including phenoxy) is 2. The van der Waals surface area contributed by atoms with Gasteiger partial charge >= 0.3 is 6.09 Å². The highest BCUT2D eigenvalue weighted by atomic mass is 32.2. The zero-order valence-corrected chi connectivity index (χ0v) is 23.3. The third-order valence-corrected chi connectivity index (χ3v) is 7.47. The second-order valence-electron chi connectivity index (χ2n) is 11.0. The minimum atomic E-state index is -3.68. The summed E-state index contributed by atoms with van der Waals surface area (Å²) in [5, 5.41) is 0. The number of benzene rings is 1. The Bertz CT molecular complexity index is 1240. The number of hydrogen-bond acceptors (Lipinski definition) is 8. The normalized spacial score (nSPS) is 21.7. The quantitative estimate of drug-likeness (QED) is 0.515. The maximum absolute atomic E-state index is 13.3. The maximum atomic E-state index is 13.3. The van der Waals surface area contributed by atoms with Gasteiger partial charge in [0, 0.05) is 18.8 Å². The molecule has 202 valence electrons. The fraction of sp³-hybridized carbons (Fsp3) is 0.556. The Kier molecular flexibility index (Phi) is 7.45. The number of carbonyl (C=O) groups is 1. The van der Waals surface area contributed by atoms with Crippen LogP contribution in [0.25, 0.3) is 0 Å². The van der Waals surface area contributed by atoms with Crippen LogP contribution in [0.1, 0.15) is 50.4 Å².